The van der Waals surface area contributed by atoms with Gasteiger partial charge in [0, 0.05) is 32.5 Å². The third-order valence-corrected chi connectivity index (χ3v) is 5.69. The number of likely N-dealkylation sites (tertiary alicyclic amines) is 1. The van der Waals surface area contributed by atoms with Gasteiger partial charge in [0.25, 0.3) is 0 Å². The van der Waals surface area contributed by atoms with E-state index in [1.807, 2.05) is 54.6 Å². The fourth-order valence-electron chi connectivity index (χ4n) is 4.32. The molecule has 6 nitrogen and oxygen atoms in total. The molecule has 2 atom stereocenters. The molecule has 1 amide bonds. The zero-order valence-corrected chi connectivity index (χ0v) is 16.8. The maximum atomic E-state index is 12.6. The Morgan fingerprint density at radius 3 is 2.62 bits per heavy atom. The second-order valence-electron chi connectivity index (χ2n) is 7.73. The van der Waals surface area contributed by atoms with Crippen molar-refractivity contribution < 1.29 is 19.0 Å². The first kappa shape index (κ1) is 19.9. The SMILES string of the molecule is CO[C@@H]1CCN(CC(=O)Nc2ccc(Oc3ccccc3)cc2)C[C@@]12CCCO2. The Bertz CT molecular complexity index is 803. The van der Waals surface area contributed by atoms with Crippen LogP contribution in [-0.4, -0.2) is 55.9 Å². The van der Waals surface area contributed by atoms with Crippen molar-refractivity contribution in [3.63, 3.8) is 0 Å². The van der Waals surface area contributed by atoms with Crippen molar-refractivity contribution in [1.29, 1.82) is 0 Å². The molecule has 2 saturated heterocycles. The monoisotopic (exact) mass is 396 g/mol. The molecule has 0 aliphatic carbocycles. The van der Waals surface area contributed by atoms with E-state index < -0.39 is 0 Å². The maximum Gasteiger partial charge on any atom is 0.238 e. The standard InChI is InChI=1S/C23H28N2O4/c1-27-21-12-14-25(17-23(21)13-5-15-28-23)16-22(26)24-18-8-10-20(11-9-18)29-19-6-3-2-4-7-19/h2-4,6-11,21H,5,12-17H2,1H3,(H,24,26)/t21-,23+/m1/s1. The Hall–Kier alpha value is -2.41. The molecule has 4 rings (SSSR count). The number of anilines is 1. The molecule has 2 aliphatic rings. The zero-order chi connectivity index (χ0) is 20.1. The van der Waals surface area contributed by atoms with Gasteiger partial charge >= 0.3 is 0 Å². The lowest BCUT2D eigenvalue weighted by atomic mass is 9.87. The highest BCUT2D eigenvalue weighted by atomic mass is 16.6. The molecule has 0 radical (unpaired) electrons. The minimum absolute atomic E-state index is 0.0225. The van der Waals surface area contributed by atoms with E-state index in [9.17, 15) is 4.79 Å². The summed E-state index contributed by atoms with van der Waals surface area (Å²) >= 11 is 0. The molecule has 2 aromatic rings. The molecule has 2 fully saturated rings. The summed E-state index contributed by atoms with van der Waals surface area (Å²) in [5.74, 6) is 1.49. The molecular formula is C23H28N2O4. The Morgan fingerprint density at radius 2 is 1.93 bits per heavy atom. The normalized spacial score (nSPS) is 24.5. The van der Waals surface area contributed by atoms with Crippen LogP contribution in [0.5, 0.6) is 11.5 Å². The first-order valence-corrected chi connectivity index (χ1v) is 10.2. The predicted octanol–water partition coefficient (Wildman–Crippen LogP) is 3.69. The van der Waals surface area contributed by atoms with Crippen LogP contribution in [0.3, 0.4) is 0 Å². The lowest BCUT2D eigenvalue weighted by Crippen LogP contribution is -2.58. The van der Waals surface area contributed by atoms with Gasteiger partial charge in [-0.2, -0.15) is 0 Å². The Labute approximate surface area is 171 Å². The third kappa shape index (κ3) is 4.78. The molecule has 6 heteroatoms. The Balaban J connectivity index is 1.30. The van der Waals surface area contributed by atoms with Gasteiger partial charge in [0.2, 0.25) is 5.91 Å². The second kappa shape index (κ2) is 8.95. The van der Waals surface area contributed by atoms with Gasteiger partial charge in [-0.3, -0.25) is 9.69 Å². The highest BCUT2D eigenvalue weighted by Gasteiger charge is 2.47. The molecule has 2 heterocycles. The van der Waals surface area contributed by atoms with Crippen molar-refractivity contribution in [3.8, 4) is 11.5 Å². The Kier molecular flexibility index (Phi) is 6.13. The number of nitrogens with one attached hydrogen (secondary N) is 1. The number of benzene rings is 2. The number of hydrogen-bond donors (Lipinski definition) is 1. The number of hydrogen-bond acceptors (Lipinski definition) is 5. The molecular weight excluding hydrogens is 368 g/mol. The van der Waals surface area contributed by atoms with E-state index in [4.69, 9.17) is 14.2 Å². The lowest BCUT2D eigenvalue weighted by Gasteiger charge is -2.44. The van der Waals surface area contributed by atoms with Crippen molar-refractivity contribution >= 4 is 11.6 Å². The number of carbonyl (C=O) groups excluding carboxylic acids is 1. The molecule has 0 unspecified atom stereocenters. The molecule has 2 aromatic carbocycles. The van der Waals surface area contributed by atoms with Gasteiger partial charge in [0.1, 0.15) is 17.1 Å². The average Bonchev–Trinajstić information content (AvgIpc) is 3.19. The van der Waals surface area contributed by atoms with Crippen molar-refractivity contribution in [2.75, 3.05) is 38.7 Å². The zero-order valence-electron chi connectivity index (χ0n) is 16.8. The number of amides is 1. The van der Waals surface area contributed by atoms with Crippen LogP contribution in [0.2, 0.25) is 0 Å². The van der Waals surface area contributed by atoms with Crippen molar-refractivity contribution in [2.24, 2.45) is 0 Å². The van der Waals surface area contributed by atoms with Crippen LogP contribution in [0, 0.1) is 0 Å². The van der Waals surface area contributed by atoms with Crippen molar-refractivity contribution in [3.05, 3.63) is 54.6 Å². The van der Waals surface area contributed by atoms with Crippen molar-refractivity contribution in [2.45, 2.75) is 31.0 Å². The minimum atomic E-state index is -0.260. The van der Waals surface area contributed by atoms with Gasteiger partial charge in [-0.1, -0.05) is 18.2 Å². The van der Waals surface area contributed by atoms with Gasteiger partial charge < -0.3 is 19.5 Å². The topological polar surface area (TPSA) is 60.0 Å². The summed E-state index contributed by atoms with van der Waals surface area (Å²) in [5, 5.41) is 2.98. The van der Waals surface area contributed by atoms with E-state index >= 15 is 0 Å². The first-order chi connectivity index (χ1) is 14.2. The summed E-state index contributed by atoms with van der Waals surface area (Å²) in [6.45, 7) is 2.70. The summed E-state index contributed by atoms with van der Waals surface area (Å²) < 4.78 is 17.5. The Morgan fingerprint density at radius 1 is 1.17 bits per heavy atom. The smallest absolute Gasteiger partial charge is 0.238 e. The van der Waals surface area contributed by atoms with Gasteiger partial charge in [0.15, 0.2) is 0 Å². The summed E-state index contributed by atoms with van der Waals surface area (Å²) in [6, 6.07) is 17.0. The summed E-state index contributed by atoms with van der Waals surface area (Å²) in [5.41, 5.74) is 0.498. The van der Waals surface area contributed by atoms with E-state index in [1.165, 1.54) is 0 Å². The minimum Gasteiger partial charge on any atom is -0.457 e. The number of ether oxygens (including phenoxy) is 3. The molecule has 0 bridgehead atoms. The molecule has 2 aliphatic heterocycles. The number of nitrogens with zero attached hydrogens (tertiary/aromatic N) is 1. The molecule has 154 valence electrons. The van der Waals surface area contributed by atoms with Crippen LogP contribution in [0.15, 0.2) is 54.6 Å². The summed E-state index contributed by atoms with van der Waals surface area (Å²) in [7, 11) is 1.75. The van der Waals surface area contributed by atoms with Gasteiger partial charge in [0.05, 0.1) is 12.6 Å². The molecule has 0 aromatic heterocycles. The van der Waals surface area contributed by atoms with E-state index in [0.29, 0.717) is 6.54 Å². The lowest BCUT2D eigenvalue weighted by molar-refractivity contribution is -0.146. The highest BCUT2D eigenvalue weighted by molar-refractivity contribution is 5.92. The second-order valence-corrected chi connectivity index (χ2v) is 7.73. The average molecular weight is 396 g/mol. The highest BCUT2D eigenvalue weighted by Crippen LogP contribution is 2.36. The van der Waals surface area contributed by atoms with Crippen LogP contribution in [0.25, 0.3) is 0 Å². The first-order valence-electron chi connectivity index (χ1n) is 10.2. The number of methoxy groups -OCH3 is 1. The fourth-order valence-corrected chi connectivity index (χ4v) is 4.32. The number of piperidine rings is 1. The quantitative estimate of drug-likeness (QED) is 0.807. The van der Waals surface area contributed by atoms with Crippen LogP contribution >= 0.6 is 0 Å². The fraction of sp³-hybridized carbons (Fsp3) is 0.435. The molecule has 1 spiro atoms. The third-order valence-electron chi connectivity index (χ3n) is 5.69. The molecule has 1 N–H and O–H groups in total. The summed E-state index contributed by atoms with van der Waals surface area (Å²) in [4.78, 5) is 14.7. The summed E-state index contributed by atoms with van der Waals surface area (Å²) in [6.07, 6.45) is 3.04. The van der Waals surface area contributed by atoms with E-state index in [1.54, 1.807) is 7.11 Å². The van der Waals surface area contributed by atoms with E-state index in [2.05, 4.69) is 10.2 Å². The molecule has 29 heavy (non-hydrogen) atoms. The predicted molar refractivity (Wildman–Crippen MR) is 111 cm³/mol. The number of carbonyl (C=O) groups is 1. The van der Waals surface area contributed by atoms with Crippen LogP contribution in [0.1, 0.15) is 19.3 Å². The van der Waals surface area contributed by atoms with E-state index in [-0.39, 0.29) is 17.6 Å². The number of para-hydroxylation sites is 1. The molecule has 0 saturated carbocycles. The van der Waals surface area contributed by atoms with Gasteiger partial charge in [-0.05, 0) is 55.7 Å². The van der Waals surface area contributed by atoms with Crippen LogP contribution in [0.4, 0.5) is 5.69 Å². The maximum absolute atomic E-state index is 12.6. The number of rotatable bonds is 6. The van der Waals surface area contributed by atoms with E-state index in [0.717, 1.165) is 56.1 Å². The van der Waals surface area contributed by atoms with Crippen LogP contribution < -0.4 is 10.1 Å². The van der Waals surface area contributed by atoms with Gasteiger partial charge in [-0.25, -0.2) is 0 Å². The van der Waals surface area contributed by atoms with Gasteiger partial charge in [-0.15, -0.1) is 0 Å². The van der Waals surface area contributed by atoms with Crippen LogP contribution in [-0.2, 0) is 14.3 Å². The largest absolute Gasteiger partial charge is 0.457 e. The van der Waals surface area contributed by atoms with Crippen molar-refractivity contribution in [1.82, 2.24) is 4.90 Å².